The zero-order valence-corrected chi connectivity index (χ0v) is 19.7. The summed E-state index contributed by atoms with van der Waals surface area (Å²) in [5, 5.41) is 8.60. The number of likely N-dealkylation sites (N-methyl/N-ethyl adjacent to an activating group) is 1. The van der Waals surface area contributed by atoms with E-state index in [0.717, 1.165) is 41.3 Å². The van der Waals surface area contributed by atoms with Crippen molar-refractivity contribution in [1.29, 1.82) is 0 Å². The molecule has 1 aromatic carbocycles. The van der Waals surface area contributed by atoms with E-state index in [1.165, 1.54) is 9.88 Å². The van der Waals surface area contributed by atoms with Crippen LogP contribution in [0.5, 0.6) is 0 Å². The second-order valence-corrected chi connectivity index (χ2v) is 11.4. The van der Waals surface area contributed by atoms with Gasteiger partial charge in [0.2, 0.25) is 10.0 Å². The van der Waals surface area contributed by atoms with Gasteiger partial charge in [0, 0.05) is 44.8 Å². The fourth-order valence-electron chi connectivity index (χ4n) is 4.06. The fraction of sp³-hybridized carbons (Fsp3) is 0.550. The molecule has 1 saturated heterocycles. The van der Waals surface area contributed by atoms with Crippen LogP contribution in [0.25, 0.3) is 0 Å². The van der Waals surface area contributed by atoms with Gasteiger partial charge in [-0.1, -0.05) is 24.1 Å². The molecule has 4 rings (SSSR count). The van der Waals surface area contributed by atoms with Crippen LogP contribution in [0, 0.1) is 0 Å². The Balaban J connectivity index is 1.62. The molecule has 2 N–H and O–H groups in total. The highest BCUT2D eigenvalue weighted by Crippen LogP contribution is 2.39. The third kappa shape index (κ3) is 4.28. The molecule has 1 unspecified atom stereocenters. The fourth-order valence-corrected chi connectivity index (χ4v) is 7.13. The van der Waals surface area contributed by atoms with Gasteiger partial charge in [-0.05, 0) is 55.8 Å². The van der Waals surface area contributed by atoms with E-state index in [-0.39, 0.29) is 16.0 Å². The summed E-state index contributed by atoms with van der Waals surface area (Å²) >= 11 is 7.89. The largest absolute Gasteiger partial charge is 0.324 e. The molecule has 1 atom stereocenters. The van der Waals surface area contributed by atoms with Gasteiger partial charge >= 0.3 is 0 Å². The maximum atomic E-state index is 13.2. The van der Waals surface area contributed by atoms with Gasteiger partial charge in [-0.2, -0.15) is 9.41 Å². The normalized spacial score (nSPS) is 26.9. The summed E-state index contributed by atoms with van der Waals surface area (Å²) in [6.07, 6.45) is 4.28. The lowest BCUT2D eigenvalue weighted by molar-refractivity contribution is 0.222. The van der Waals surface area contributed by atoms with Gasteiger partial charge in [-0.25, -0.2) is 8.42 Å². The molecular weight excluding hydrogens is 442 g/mol. The summed E-state index contributed by atoms with van der Waals surface area (Å²) in [6.45, 7) is 2.35. The maximum Gasteiger partial charge on any atom is 0.244 e. The van der Waals surface area contributed by atoms with Crippen molar-refractivity contribution in [2.75, 3.05) is 40.3 Å². The molecule has 0 radical (unpaired) electrons. The first-order valence-corrected chi connectivity index (χ1v) is 12.9. The van der Waals surface area contributed by atoms with Crippen LogP contribution >= 0.6 is 23.4 Å². The Kier molecular flexibility index (Phi) is 6.48. The number of nitrogens with two attached hydrogens (primary N) is 1. The SMILES string of the molecule is CN1CCN(S(=O)(=O)c2cc(C3=NN(C)C(=C4CCCCC4N)S3)ccc2Cl)CC1. The van der Waals surface area contributed by atoms with Crippen LogP contribution in [0.1, 0.15) is 31.2 Å². The predicted molar refractivity (Wildman–Crippen MR) is 123 cm³/mol. The minimum atomic E-state index is -3.66. The zero-order chi connectivity index (χ0) is 21.5. The summed E-state index contributed by atoms with van der Waals surface area (Å²) in [6, 6.07) is 5.21. The van der Waals surface area contributed by atoms with Crippen molar-refractivity contribution >= 4 is 38.4 Å². The summed E-state index contributed by atoms with van der Waals surface area (Å²) in [5.41, 5.74) is 8.34. The highest BCUT2D eigenvalue weighted by atomic mass is 35.5. The third-order valence-electron chi connectivity index (χ3n) is 5.92. The van der Waals surface area contributed by atoms with E-state index in [2.05, 4.69) is 10.0 Å². The summed E-state index contributed by atoms with van der Waals surface area (Å²) < 4.78 is 28.0. The van der Waals surface area contributed by atoms with Crippen molar-refractivity contribution in [1.82, 2.24) is 14.2 Å². The van der Waals surface area contributed by atoms with E-state index >= 15 is 0 Å². The van der Waals surface area contributed by atoms with Gasteiger partial charge in [0.1, 0.15) is 9.94 Å². The summed E-state index contributed by atoms with van der Waals surface area (Å²) in [7, 11) is 0.252. The number of halogens is 1. The van der Waals surface area contributed by atoms with E-state index in [0.29, 0.717) is 26.2 Å². The average Bonchev–Trinajstić information content (AvgIpc) is 3.10. The first-order chi connectivity index (χ1) is 14.3. The molecule has 1 saturated carbocycles. The Bertz CT molecular complexity index is 987. The first kappa shape index (κ1) is 22.1. The smallest absolute Gasteiger partial charge is 0.244 e. The lowest BCUT2D eigenvalue weighted by atomic mass is 9.91. The van der Waals surface area contributed by atoms with E-state index in [1.54, 1.807) is 23.9 Å². The molecule has 2 aliphatic heterocycles. The zero-order valence-electron chi connectivity index (χ0n) is 17.3. The minimum absolute atomic E-state index is 0.0663. The van der Waals surface area contributed by atoms with Crippen molar-refractivity contribution < 1.29 is 8.42 Å². The number of rotatable bonds is 3. The van der Waals surface area contributed by atoms with Crippen LogP contribution in [0.3, 0.4) is 0 Å². The van der Waals surface area contributed by atoms with Gasteiger partial charge in [-0.3, -0.25) is 5.01 Å². The van der Waals surface area contributed by atoms with Gasteiger partial charge < -0.3 is 10.6 Å². The van der Waals surface area contributed by atoms with Gasteiger partial charge in [-0.15, -0.1) is 0 Å². The highest BCUT2D eigenvalue weighted by molar-refractivity contribution is 8.17. The molecule has 2 heterocycles. The number of hydrogen-bond donors (Lipinski definition) is 1. The van der Waals surface area contributed by atoms with E-state index in [1.807, 2.05) is 25.2 Å². The minimum Gasteiger partial charge on any atom is -0.324 e. The Morgan fingerprint density at radius 3 is 2.60 bits per heavy atom. The Morgan fingerprint density at radius 1 is 1.17 bits per heavy atom. The molecule has 2 fully saturated rings. The number of nitrogens with zero attached hydrogens (tertiary/aromatic N) is 4. The topological polar surface area (TPSA) is 82.2 Å². The Labute approximate surface area is 188 Å². The number of sulfonamides is 1. The van der Waals surface area contributed by atoms with Crippen molar-refractivity contribution in [3.05, 3.63) is 39.4 Å². The van der Waals surface area contributed by atoms with E-state index in [9.17, 15) is 8.42 Å². The Morgan fingerprint density at radius 2 is 1.90 bits per heavy atom. The number of hydrazone groups is 1. The van der Waals surface area contributed by atoms with Crippen LogP contribution in [0.15, 0.2) is 38.8 Å². The molecule has 164 valence electrons. The van der Waals surface area contributed by atoms with Crippen LogP contribution in [-0.2, 0) is 10.0 Å². The number of thioether (sulfide) groups is 1. The lowest BCUT2D eigenvalue weighted by Crippen LogP contribution is -2.47. The third-order valence-corrected chi connectivity index (χ3v) is 9.53. The molecule has 1 aliphatic carbocycles. The molecule has 0 spiro atoms. The van der Waals surface area contributed by atoms with Gasteiger partial charge in [0.05, 0.1) is 10.1 Å². The molecular formula is C20H28ClN5O2S2. The van der Waals surface area contributed by atoms with Crippen molar-refractivity contribution in [3.63, 3.8) is 0 Å². The van der Waals surface area contributed by atoms with Crippen LogP contribution in [0.2, 0.25) is 5.02 Å². The molecule has 10 heteroatoms. The molecule has 0 bridgehead atoms. The molecule has 1 aromatic rings. The monoisotopic (exact) mass is 469 g/mol. The lowest BCUT2D eigenvalue weighted by Gasteiger charge is -2.31. The molecule has 30 heavy (non-hydrogen) atoms. The van der Waals surface area contributed by atoms with Crippen molar-refractivity contribution in [2.45, 2.75) is 36.6 Å². The van der Waals surface area contributed by atoms with Gasteiger partial charge in [0.15, 0.2) is 0 Å². The first-order valence-electron chi connectivity index (χ1n) is 10.2. The molecule has 0 amide bonds. The van der Waals surface area contributed by atoms with Crippen molar-refractivity contribution in [2.24, 2.45) is 10.8 Å². The number of piperazine rings is 1. The quantitative estimate of drug-likeness (QED) is 0.732. The molecule has 7 nitrogen and oxygen atoms in total. The van der Waals surface area contributed by atoms with Crippen LogP contribution in [0.4, 0.5) is 0 Å². The summed E-state index contributed by atoms with van der Waals surface area (Å²) in [4.78, 5) is 2.27. The van der Waals surface area contributed by atoms with Gasteiger partial charge in [0.25, 0.3) is 0 Å². The highest BCUT2D eigenvalue weighted by Gasteiger charge is 2.31. The maximum absolute atomic E-state index is 13.2. The Hall–Kier alpha value is -1.10. The number of hydrogen-bond acceptors (Lipinski definition) is 7. The van der Waals surface area contributed by atoms with Crippen LogP contribution in [-0.4, -0.2) is 74.0 Å². The summed E-state index contributed by atoms with van der Waals surface area (Å²) in [5.74, 6) is 0. The van der Waals surface area contributed by atoms with E-state index in [4.69, 9.17) is 17.3 Å². The van der Waals surface area contributed by atoms with Crippen LogP contribution < -0.4 is 5.73 Å². The molecule has 0 aromatic heterocycles. The predicted octanol–water partition coefficient (Wildman–Crippen LogP) is 2.73. The second-order valence-electron chi connectivity index (χ2n) is 8.07. The standard InChI is InChI=1S/C20H28ClN5O2S2/c1-24-9-11-26(12-10-24)30(27,28)18-13-14(7-8-16(18)21)19-23-25(2)20(29-19)15-5-3-4-6-17(15)22/h7-8,13,17H,3-6,9-12,22H2,1-2H3. The molecule has 3 aliphatic rings. The van der Waals surface area contributed by atoms with Crippen molar-refractivity contribution in [3.8, 4) is 0 Å². The number of benzene rings is 1. The average molecular weight is 470 g/mol. The van der Waals surface area contributed by atoms with E-state index < -0.39 is 10.0 Å². The second kappa shape index (κ2) is 8.80.